The zero-order chi connectivity index (χ0) is 14.9. The largest absolute Gasteiger partial charge is 0.497 e. The lowest BCUT2D eigenvalue weighted by molar-refractivity contribution is 0.0203. The van der Waals surface area contributed by atoms with Gasteiger partial charge in [-0.2, -0.15) is 11.8 Å². The average Bonchev–Trinajstić information content (AvgIpc) is 2.50. The molecule has 0 amide bonds. The van der Waals surface area contributed by atoms with E-state index >= 15 is 0 Å². The monoisotopic (exact) mass is 307 g/mol. The van der Waals surface area contributed by atoms with Gasteiger partial charge < -0.3 is 14.8 Å². The van der Waals surface area contributed by atoms with Crippen LogP contribution in [0.5, 0.6) is 11.5 Å². The number of hydrogen-bond donors (Lipinski definition) is 1. The van der Waals surface area contributed by atoms with Crippen molar-refractivity contribution >= 4 is 11.8 Å². The molecule has 2 heterocycles. The van der Waals surface area contributed by atoms with Gasteiger partial charge in [0.15, 0.2) is 0 Å². The first-order valence-corrected chi connectivity index (χ1v) is 8.95. The van der Waals surface area contributed by atoms with Crippen molar-refractivity contribution < 1.29 is 9.47 Å². The molecule has 2 aliphatic heterocycles. The van der Waals surface area contributed by atoms with E-state index in [2.05, 4.69) is 25.2 Å². The Labute approximate surface area is 131 Å². The Morgan fingerprint density at radius 3 is 3.05 bits per heavy atom. The van der Waals surface area contributed by atoms with Crippen LogP contribution in [0, 0.1) is 0 Å². The Morgan fingerprint density at radius 1 is 1.48 bits per heavy atom. The van der Waals surface area contributed by atoms with Gasteiger partial charge in [0, 0.05) is 29.3 Å². The van der Waals surface area contributed by atoms with E-state index in [1.165, 1.54) is 17.7 Å². The standard InChI is InChI=1S/C17H25NO2S/c1-4-18-15-11-17(8-5-9-21-12(17)2)20-16-10-13(19-3)6-7-14(15)16/h6-7,10,12,15,18H,4-5,8-9,11H2,1-3H3. The lowest BCUT2D eigenvalue weighted by atomic mass is 9.81. The van der Waals surface area contributed by atoms with Gasteiger partial charge in [0.25, 0.3) is 0 Å². The molecule has 1 fully saturated rings. The number of fused-ring (bicyclic) bond motifs is 1. The summed E-state index contributed by atoms with van der Waals surface area (Å²) in [5, 5.41) is 4.17. The van der Waals surface area contributed by atoms with Gasteiger partial charge in [0.2, 0.25) is 0 Å². The van der Waals surface area contributed by atoms with E-state index in [1.54, 1.807) is 7.11 Å². The summed E-state index contributed by atoms with van der Waals surface area (Å²) in [7, 11) is 1.71. The molecule has 3 rings (SSSR count). The Bertz CT molecular complexity index is 508. The second-order valence-corrected chi connectivity index (χ2v) is 7.45. The molecule has 0 aliphatic carbocycles. The topological polar surface area (TPSA) is 30.5 Å². The summed E-state index contributed by atoms with van der Waals surface area (Å²) in [6.07, 6.45) is 3.46. The third-order valence-corrected chi connectivity index (χ3v) is 6.22. The number of benzene rings is 1. The van der Waals surface area contributed by atoms with Crippen molar-refractivity contribution in [3.63, 3.8) is 0 Å². The number of rotatable bonds is 3. The SMILES string of the molecule is CCNC1CC2(CCCSC2C)Oc2cc(OC)ccc21. The van der Waals surface area contributed by atoms with Gasteiger partial charge in [-0.3, -0.25) is 0 Å². The molecule has 1 N–H and O–H groups in total. The summed E-state index contributed by atoms with van der Waals surface area (Å²) < 4.78 is 11.9. The maximum atomic E-state index is 6.55. The van der Waals surface area contributed by atoms with Crippen LogP contribution < -0.4 is 14.8 Å². The number of hydrogen-bond acceptors (Lipinski definition) is 4. The molecular weight excluding hydrogens is 282 g/mol. The van der Waals surface area contributed by atoms with Crippen molar-refractivity contribution in [3.8, 4) is 11.5 Å². The van der Waals surface area contributed by atoms with Crippen molar-refractivity contribution in [1.82, 2.24) is 5.32 Å². The number of ether oxygens (including phenoxy) is 2. The Hall–Kier alpha value is -0.870. The highest BCUT2D eigenvalue weighted by molar-refractivity contribution is 8.00. The first-order chi connectivity index (χ1) is 10.2. The van der Waals surface area contributed by atoms with E-state index in [1.807, 2.05) is 23.9 Å². The zero-order valence-electron chi connectivity index (χ0n) is 13.1. The first-order valence-electron chi connectivity index (χ1n) is 7.90. The fourth-order valence-electron chi connectivity index (χ4n) is 3.55. The first kappa shape index (κ1) is 15.0. The molecule has 3 nitrogen and oxygen atoms in total. The van der Waals surface area contributed by atoms with Gasteiger partial charge in [-0.15, -0.1) is 0 Å². The van der Waals surface area contributed by atoms with Crippen LogP contribution in [0.15, 0.2) is 18.2 Å². The van der Waals surface area contributed by atoms with Crippen LogP contribution in [-0.4, -0.2) is 30.3 Å². The van der Waals surface area contributed by atoms with Crippen molar-refractivity contribution in [2.45, 2.75) is 50.0 Å². The summed E-state index contributed by atoms with van der Waals surface area (Å²) in [5.74, 6) is 3.13. The Morgan fingerprint density at radius 2 is 2.33 bits per heavy atom. The zero-order valence-corrected chi connectivity index (χ0v) is 14.0. The fourth-order valence-corrected chi connectivity index (χ4v) is 4.78. The van der Waals surface area contributed by atoms with E-state index in [4.69, 9.17) is 9.47 Å². The second-order valence-electron chi connectivity index (χ2n) is 6.00. The van der Waals surface area contributed by atoms with Gasteiger partial charge >= 0.3 is 0 Å². The van der Waals surface area contributed by atoms with Crippen LogP contribution in [0.4, 0.5) is 0 Å². The minimum absolute atomic E-state index is 0.0326. The molecule has 3 unspecified atom stereocenters. The molecule has 0 aromatic heterocycles. The highest BCUT2D eigenvalue weighted by Gasteiger charge is 2.46. The second kappa shape index (κ2) is 6.09. The number of thioether (sulfide) groups is 1. The van der Waals surface area contributed by atoms with Gasteiger partial charge in [-0.1, -0.05) is 13.0 Å². The van der Waals surface area contributed by atoms with Crippen LogP contribution in [0.25, 0.3) is 0 Å². The van der Waals surface area contributed by atoms with Gasteiger partial charge in [-0.25, -0.2) is 0 Å². The number of nitrogens with one attached hydrogen (secondary N) is 1. The van der Waals surface area contributed by atoms with E-state index in [9.17, 15) is 0 Å². The van der Waals surface area contributed by atoms with Crippen molar-refractivity contribution in [1.29, 1.82) is 0 Å². The van der Waals surface area contributed by atoms with Crippen LogP contribution >= 0.6 is 11.8 Å². The van der Waals surface area contributed by atoms with E-state index < -0.39 is 0 Å². The summed E-state index contributed by atoms with van der Waals surface area (Å²) in [4.78, 5) is 0. The number of methoxy groups -OCH3 is 1. The van der Waals surface area contributed by atoms with Gasteiger partial charge in [-0.05, 0) is 38.1 Å². The summed E-state index contributed by atoms with van der Waals surface area (Å²) >= 11 is 2.04. The molecule has 4 heteroatoms. The summed E-state index contributed by atoms with van der Waals surface area (Å²) in [6, 6.07) is 6.61. The molecule has 1 spiro atoms. The smallest absolute Gasteiger partial charge is 0.128 e. The molecule has 0 bridgehead atoms. The molecule has 1 aromatic rings. The molecule has 1 saturated heterocycles. The summed E-state index contributed by atoms with van der Waals surface area (Å²) in [5.41, 5.74) is 1.24. The average molecular weight is 307 g/mol. The normalized spacial score (nSPS) is 31.6. The van der Waals surface area contributed by atoms with Gasteiger partial charge in [0.05, 0.1) is 7.11 Å². The predicted molar refractivity (Wildman–Crippen MR) is 88.5 cm³/mol. The lowest BCUT2D eigenvalue weighted by Crippen LogP contribution is -2.52. The summed E-state index contributed by atoms with van der Waals surface area (Å²) in [6.45, 7) is 5.47. The molecule has 0 saturated carbocycles. The van der Waals surface area contributed by atoms with Crippen molar-refractivity contribution in [2.24, 2.45) is 0 Å². The Kier molecular flexibility index (Phi) is 4.36. The lowest BCUT2D eigenvalue weighted by Gasteiger charge is -2.48. The molecule has 0 radical (unpaired) electrons. The third-order valence-electron chi connectivity index (χ3n) is 4.76. The molecule has 21 heavy (non-hydrogen) atoms. The molecular formula is C17H25NO2S. The minimum Gasteiger partial charge on any atom is -0.497 e. The van der Waals surface area contributed by atoms with E-state index in [0.717, 1.165) is 30.9 Å². The van der Waals surface area contributed by atoms with Gasteiger partial charge in [0.1, 0.15) is 17.1 Å². The van der Waals surface area contributed by atoms with E-state index in [-0.39, 0.29) is 5.60 Å². The minimum atomic E-state index is -0.0326. The van der Waals surface area contributed by atoms with Crippen LogP contribution in [0.2, 0.25) is 0 Å². The maximum absolute atomic E-state index is 6.55. The highest BCUT2D eigenvalue weighted by atomic mass is 32.2. The maximum Gasteiger partial charge on any atom is 0.128 e. The Balaban J connectivity index is 1.98. The quantitative estimate of drug-likeness (QED) is 0.920. The van der Waals surface area contributed by atoms with Crippen LogP contribution in [-0.2, 0) is 0 Å². The molecule has 3 atom stereocenters. The van der Waals surface area contributed by atoms with E-state index in [0.29, 0.717) is 11.3 Å². The third kappa shape index (κ3) is 2.76. The van der Waals surface area contributed by atoms with Crippen LogP contribution in [0.3, 0.4) is 0 Å². The molecule has 1 aromatic carbocycles. The van der Waals surface area contributed by atoms with Crippen LogP contribution in [0.1, 0.15) is 44.7 Å². The van der Waals surface area contributed by atoms with Crippen molar-refractivity contribution in [2.75, 3.05) is 19.4 Å². The predicted octanol–water partition coefficient (Wildman–Crippen LogP) is 3.78. The highest BCUT2D eigenvalue weighted by Crippen LogP contribution is 2.49. The van der Waals surface area contributed by atoms with Crippen molar-refractivity contribution in [3.05, 3.63) is 23.8 Å². The fraction of sp³-hybridized carbons (Fsp3) is 0.647. The molecule has 2 aliphatic rings. The molecule has 116 valence electrons.